The predicted molar refractivity (Wildman–Crippen MR) is 79.6 cm³/mol. The Morgan fingerprint density at radius 1 is 1.53 bits per heavy atom. The third kappa shape index (κ3) is 2.94. The number of aliphatic hydroxyl groups excluding tert-OH is 1. The zero-order valence-corrected chi connectivity index (χ0v) is 12.2. The molecule has 1 atom stereocenters. The number of nitrogens with one attached hydrogen (secondary N) is 1. The van der Waals surface area contributed by atoms with Crippen LogP contribution >= 0.6 is 11.3 Å². The van der Waals surface area contributed by atoms with Crippen molar-refractivity contribution in [2.45, 2.75) is 26.4 Å². The van der Waals surface area contributed by atoms with E-state index in [1.807, 2.05) is 11.9 Å². The first kappa shape index (κ1) is 14.0. The van der Waals surface area contributed by atoms with E-state index in [0.717, 1.165) is 22.5 Å². The highest BCUT2D eigenvalue weighted by molar-refractivity contribution is 7.18. The standard InChI is InChI=1S/C12H19N5OS/c1-4-8-5-9-10(17(3)6-7(2)18)14-12(16-13)15-11(9)19-8/h5,7,18H,4,6,13H2,1-3H3,(H,14,15,16). The van der Waals surface area contributed by atoms with E-state index in [-0.39, 0.29) is 0 Å². The van der Waals surface area contributed by atoms with E-state index >= 15 is 0 Å². The molecule has 1 unspecified atom stereocenters. The molecule has 2 aromatic rings. The molecule has 6 nitrogen and oxygen atoms in total. The van der Waals surface area contributed by atoms with Crippen LogP contribution in [-0.2, 0) is 6.42 Å². The summed E-state index contributed by atoms with van der Waals surface area (Å²) in [7, 11) is 1.90. The number of hydrogen-bond acceptors (Lipinski definition) is 7. The topological polar surface area (TPSA) is 87.3 Å². The maximum atomic E-state index is 9.51. The highest BCUT2D eigenvalue weighted by Crippen LogP contribution is 2.31. The molecule has 0 spiro atoms. The Hall–Kier alpha value is -1.44. The molecule has 0 fully saturated rings. The van der Waals surface area contributed by atoms with Gasteiger partial charge in [-0.05, 0) is 19.4 Å². The molecule has 0 aliphatic rings. The molecular formula is C12H19N5OS. The number of nitrogens with two attached hydrogens (primary N) is 1. The normalized spacial score (nSPS) is 12.7. The summed E-state index contributed by atoms with van der Waals surface area (Å²) in [6.07, 6.45) is 0.542. The van der Waals surface area contributed by atoms with Crippen molar-refractivity contribution in [1.82, 2.24) is 9.97 Å². The lowest BCUT2D eigenvalue weighted by atomic mass is 10.3. The first-order valence-corrected chi connectivity index (χ1v) is 7.03. The van der Waals surface area contributed by atoms with E-state index in [1.54, 1.807) is 18.3 Å². The molecule has 0 aliphatic carbocycles. The van der Waals surface area contributed by atoms with E-state index in [2.05, 4.69) is 28.4 Å². The molecule has 0 aromatic carbocycles. The Balaban J connectivity index is 2.52. The first-order valence-electron chi connectivity index (χ1n) is 6.21. The summed E-state index contributed by atoms with van der Waals surface area (Å²) in [5, 5.41) is 10.5. The van der Waals surface area contributed by atoms with Crippen molar-refractivity contribution in [3.63, 3.8) is 0 Å². The smallest absolute Gasteiger partial charge is 0.240 e. The third-order valence-corrected chi connectivity index (χ3v) is 3.97. The molecule has 2 aromatic heterocycles. The van der Waals surface area contributed by atoms with Gasteiger partial charge in [-0.3, -0.25) is 5.43 Å². The van der Waals surface area contributed by atoms with Gasteiger partial charge in [-0.2, -0.15) is 4.98 Å². The van der Waals surface area contributed by atoms with E-state index in [0.29, 0.717) is 12.5 Å². The summed E-state index contributed by atoms with van der Waals surface area (Å²) in [4.78, 5) is 12.8. The summed E-state index contributed by atoms with van der Waals surface area (Å²) >= 11 is 1.64. The van der Waals surface area contributed by atoms with Gasteiger partial charge in [-0.25, -0.2) is 10.8 Å². The molecule has 0 bridgehead atoms. The van der Waals surface area contributed by atoms with Crippen molar-refractivity contribution in [2.24, 2.45) is 5.84 Å². The van der Waals surface area contributed by atoms with Crippen LogP contribution in [0.5, 0.6) is 0 Å². The minimum Gasteiger partial charge on any atom is -0.392 e. The Bertz CT molecular complexity index is 568. The van der Waals surface area contributed by atoms with Crippen LogP contribution in [0.3, 0.4) is 0 Å². The quantitative estimate of drug-likeness (QED) is 0.566. The monoisotopic (exact) mass is 281 g/mol. The highest BCUT2D eigenvalue weighted by Gasteiger charge is 2.15. The third-order valence-electron chi connectivity index (χ3n) is 2.80. The molecule has 19 heavy (non-hydrogen) atoms. The average Bonchev–Trinajstić information content (AvgIpc) is 2.79. The Kier molecular flexibility index (Phi) is 4.18. The lowest BCUT2D eigenvalue weighted by Gasteiger charge is -2.20. The SMILES string of the molecule is CCc1cc2c(N(C)CC(C)O)nc(NN)nc2s1. The lowest BCUT2D eigenvalue weighted by Crippen LogP contribution is -2.28. The number of likely N-dealkylation sites (N-methyl/N-ethyl adjacent to an activating group) is 1. The zero-order valence-electron chi connectivity index (χ0n) is 11.3. The maximum Gasteiger partial charge on any atom is 0.240 e. The number of anilines is 2. The molecule has 0 amide bonds. The van der Waals surface area contributed by atoms with Crippen LogP contribution in [0.25, 0.3) is 10.2 Å². The molecule has 0 saturated heterocycles. The zero-order chi connectivity index (χ0) is 14.0. The lowest BCUT2D eigenvalue weighted by molar-refractivity contribution is 0.201. The first-order chi connectivity index (χ1) is 9.05. The highest BCUT2D eigenvalue weighted by atomic mass is 32.1. The second kappa shape index (κ2) is 5.68. The van der Waals surface area contributed by atoms with Gasteiger partial charge in [0.2, 0.25) is 5.95 Å². The fraction of sp³-hybridized carbons (Fsp3) is 0.500. The molecular weight excluding hydrogens is 262 g/mol. The summed E-state index contributed by atoms with van der Waals surface area (Å²) < 4.78 is 0. The van der Waals surface area contributed by atoms with Gasteiger partial charge in [-0.1, -0.05) is 6.92 Å². The number of aromatic nitrogens is 2. The van der Waals surface area contributed by atoms with Gasteiger partial charge in [0.15, 0.2) is 0 Å². The van der Waals surface area contributed by atoms with E-state index < -0.39 is 6.10 Å². The molecule has 0 radical (unpaired) electrons. The second-order valence-corrected chi connectivity index (χ2v) is 5.64. The van der Waals surface area contributed by atoms with Crippen molar-refractivity contribution in [3.8, 4) is 0 Å². The maximum absolute atomic E-state index is 9.51. The summed E-state index contributed by atoms with van der Waals surface area (Å²) in [5.41, 5.74) is 2.49. The second-order valence-electron chi connectivity index (χ2n) is 4.53. The number of aliphatic hydroxyl groups is 1. The molecule has 104 valence electrons. The van der Waals surface area contributed by atoms with Crippen LogP contribution in [0.1, 0.15) is 18.7 Å². The number of rotatable bonds is 5. The van der Waals surface area contributed by atoms with Crippen LogP contribution < -0.4 is 16.2 Å². The fourth-order valence-corrected chi connectivity index (χ4v) is 2.93. The van der Waals surface area contributed by atoms with Gasteiger partial charge in [0.1, 0.15) is 10.6 Å². The molecule has 0 aliphatic heterocycles. The fourth-order valence-electron chi connectivity index (χ4n) is 1.97. The molecule has 2 heterocycles. The minimum absolute atomic E-state index is 0.393. The number of nitrogens with zero attached hydrogens (tertiary/aromatic N) is 3. The van der Waals surface area contributed by atoms with Crippen molar-refractivity contribution < 1.29 is 5.11 Å². The predicted octanol–water partition coefficient (Wildman–Crippen LogP) is 1.36. The molecule has 7 heteroatoms. The van der Waals surface area contributed by atoms with Crippen LogP contribution in [0.2, 0.25) is 0 Å². The Morgan fingerprint density at radius 3 is 2.84 bits per heavy atom. The molecule has 0 saturated carbocycles. The number of aryl methyl sites for hydroxylation is 1. The van der Waals surface area contributed by atoms with Gasteiger partial charge >= 0.3 is 0 Å². The number of hydrogen-bond donors (Lipinski definition) is 3. The minimum atomic E-state index is -0.423. The average molecular weight is 281 g/mol. The van der Waals surface area contributed by atoms with Crippen molar-refractivity contribution >= 4 is 33.3 Å². The van der Waals surface area contributed by atoms with Crippen LogP contribution in [0.15, 0.2) is 6.07 Å². The number of thiophene rings is 1. The van der Waals surface area contributed by atoms with Crippen molar-refractivity contribution in [2.75, 3.05) is 23.9 Å². The summed E-state index contributed by atoms with van der Waals surface area (Å²) in [6, 6.07) is 2.11. The largest absolute Gasteiger partial charge is 0.392 e. The molecule has 4 N–H and O–H groups in total. The van der Waals surface area contributed by atoms with Gasteiger partial charge in [-0.15, -0.1) is 11.3 Å². The van der Waals surface area contributed by atoms with E-state index in [1.165, 1.54) is 4.88 Å². The van der Waals surface area contributed by atoms with Gasteiger partial charge in [0.25, 0.3) is 0 Å². The van der Waals surface area contributed by atoms with Crippen molar-refractivity contribution in [1.29, 1.82) is 0 Å². The summed E-state index contributed by atoms with van der Waals surface area (Å²) in [5.74, 6) is 6.59. The number of hydrazine groups is 1. The number of fused-ring (bicyclic) bond motifs is 1. The van der Waals surface area contributed by atoms with Crippen LogP contribution in [0.4, 0.5) is 11.8 Å². The summed E-state index contributed by atoms with van der Waals surface area (Å²) in [6.45, 7) is 4.37. The Morgan fingerprint density at radius 2 is 2.26 bits per heavy atom. The van der Waals surface area contributed by atoms with Crippen LogP contribution in [-0.4, -0.2) is 34.8 Å². The Labute approximate surface area is 116 Å². The van der Waals surface area contributed by atoms with Gasteiger partial charge in [0.05, 0.1) is 11.5 Å². The molecule has 2 rings (SSSR count). The van der Waals surface area contributed by atoms with Gasteiger partial charge < -0.3 is 10.0 Å². The van der Waals surface area contributed by atoms with Gasteiger partial charge in [0, 0.05) is 18.5 Å². The number of nitrogen functional groups attached to an aromatic ring is 1. The van der Waals surface area contributed by atoms with E-state index in [9.17, 15) is 5.11 Å². The van der Waals surface area contributed by atoms with E-state index in [4.69, 9.17) is 5.84 Å². The van der Waals surface area contributed by atoms with Crippen molar-refractivity contribution in [3.05, 3.63) is 10.9 Å². The van der Waals surface area contributed by atoms with Crippen LogP contribution in [0, 0.1) is 0 Å².